The molecule has 0 atom stereocenters. The first kappa shape index (κ1) is 4.42. The summed E-state index contributed by atoms with van der Waals surface area (Å²) < 4.78 is 0. The lowest BCUT2D eigenvalue weighted by Crippen LogP contribution is -2.32. The Balaban J connectivity index is 2.22. The van der Waals surface area contributed by atoms with Crippen LogP contribution in [0.15, 0.2) is 11.8 Å². The summed E-state index contributed by atoms with van der Waals surface area (Å²) >= 11 is 0. The molecule has 8 heavy (non-hydrogen) atoms. The van der Waals surface area contributed by atoms with Gasteiger partial charge in [-0.3, -0.25) is 0 Å². The molecule has 44 valence electrons. The van der Waals surface area contributed by atoms with Crippen molar-refractivity contribution in [1.82, 2.24) is 5.32 Å². The molecule has 1 fully saturated rings. The van der Waals surface area contributed by atoms with E-state index in [1.807, 2.05) is 0 Å². The van der Waals surface area contributed by atoms with E-state index in [0.717, 1.165) is 6.04 Å². The van der Waals surface area contributed by atoms with Gasteiger partial charge in [-0.1, -0.05) is 5.57 Å². The van der Waals surface area contributed by atoms with Gasteiger partial charge in [0.05, 0.1) is 0 Å². The molecule has 0 unspecified atom stereocenters. The Kier molecular flexibility index (Phi) is 0.833. The maximum absolute atomic E-state index is 3.36. The van der Waals surface area contributed by atoms with Crippen LogP contribution in [0.3, 0.4) is 0 Å². The van der Waals surface area contributed by atoms with Gasteiger partial charge in [-0.25, -0.2) is 0 Å². The largest absolute Gasteiger partial charge is 0.388 e. The molecule has 3 rings (SSSR count). The summed E-state index contributed by atoms with van der Waals surface area (Å²) in [7, 11) is 0. The van der Waals surface area contributed by atoms with Crippen LogP contribution in [0.1, 0.15) is 25.7 Å². The van der Waals surface area contributed by atoms with E-state index in [1.165, 1.54) is 25.7 Å². The van der Waals surface area contributed by atoms with Crippen LogP contribution in [0.2, 0.25) is 0 Å². The lowest BCUT2D eigenvalue weighted by Gasteiger charge is -2.30. The van der Waals surface area contributed by atoms with Crippen LogP contribution in [0, 0.1) is 0 Å². The van der Waals surface area contributed by atoms with Crippen molar-refractivity contribution in [3.05, 3.63) is 11.8 Å². The van der Waals surface area contributed by atoms with Crippen LogP contribution in [0.5, 0.6) is 0 Å². The molecule has 0 aromatic heterocycles. The Bertz CT molecular complexity index is 116. The molecule has 0 aromatic carbocycles. The van der Waals surface area contributed by atoms with Crippen molar-refractivity contribution in [2.75, 3.05) is 0 Å². The summed E-state index contributed by atoms with van der Waals surface area (Å²) in [4.78, 5) is 0. The Labute approximate surface area is 49.8 Å². The summed E-state index contributed by atoms with van der Waals surface area (Å²) in [5.74, 6) is 0. The highest BCUT2D eigenvalue weighted by Gasteiger charge is 2.19. The van der Waals surface area contributed by atoms with E-state index in [9.17, 15) is 0 Å². The topological polar surface area (TPSA) is 12.0 Å². The van der Waals surface area contributed by atoms with Crippen LogP contribution < -0.4 is 5.32 Å². The zero-order chi connectivity index (χ0) is 5.40. The fraction of sp³-hybridized carbons (Fsp3) is 0.714. The van der Waals surface area contributed by atoms with Crippen molar-refractivity contribution in [1.29, 1.82) is 0 Å². The highest BCUT2D eigenvalue weighted by molar-refractivity contribution is 5.11. The molecule has 0 amide bonds. The summed E-state index contributed by atoms with van der Waals surface area (Å²) in [6, 6.07) is 0.826. The van der Waals surface area contributed by atoms with E-state index in [4.69, 9.17) is 0 Å². The molecule has 1 aliphatic carbocycles. The van der Waals surface area contributed by atoms with Gasteiger partial charge in [0.25, 0.3) is 0 Å². The average molecular weight is 109 g/mol. The third kappa shape index (κ3) is 0.540. The Morgan fingerprint density at radius 2 is 2.12 bits per heavy atom. The number of allylic oxidation sites excluding steroid dienone is 1. The third-order valence-electron chi connectivity index (χ3n) is 2.15. The standard InChI is InChI=1S/C7H11N/c1-3-7-4-2-6(1)5-8-7/h5,7-8H,1-4H2. The molecule has 0 spiro atoms. The normalized spacial score (nSPS) is 27.2. The van der Waals surface area contributed by atoms with Crippen molar-refractivity contribution >= 4 is 0 Å². The molecule has 1 heteroatoms. The van der Waals surface area contributed by atoms with Gasteiger partial charge in [0.2, 0.25) is 0 Å². The molecule has 2 aliphatic heterocycles. The van der Waals surface area contributed by atoms with E-state index in [2.05, 4.69) is 11.5 Å². The molecule has 1 saturated carbocycles. The minimum Gasteiger partial charge on any atom is -0.388 e. The summed E-state index contributed by atoms with van der Waals surface area (Å²) in [5, 5.41) is 3.36. The quantitative estimate of drug-likeness (QED) is 0.496. The van der Waals surface area contributed by atoms with E-state index in [-0.39, 0.29) is 0 Å². The first-order valence-corrected chi connectivity index (χ1v) is 3.39. The van der Waals surface area contributed by atoms with Gasteiger partial charge in [0, 0.05) is 6.04 Å². The molecule has 3 aliphatic rings. The third-order valence-corrected chi connectivity index (χ3v) is 2.15. The Hall–Kier alpha value is -0.460. The maximum atomic E-state index is 3.36. The summed E-state index contributed by atoms with van der Waals surface area (Å²) in [5.41, 5.74) is 1.63. The van der Waals surface area contributed by atoms with Gasteiger partial charge >= 0.3 is 0 Å². The number of hydrogen-bond donors (Lipinski definition) is 1. The minimum absolute atomic E-state index is 0.826. The summed E-state index contributed by atoms with van der Waals surface area (Å²) in [6.07, 6.45) is 7.69. The highest BCUT2D eigenvalue weighted by Crippen LogP contribution is 2.26. The molecule has 1 nitrogen and oxygen atoms in total. The second-order valence-electron chi connectivity index (χ2n) is 2.74. The smallest absolute Gasteiger partial charge is 0.0261 e. The number of hydrogen-bond acceptors (Lipinski definition) is 1. The Morgan fingerprint density at radius 3 is 2.25 bits per heavy atom. The zero-order valence-corrected chi connectivity index (χ0v) is 4.98. The fourth-order valence-corrected chi connectivity index (χ4v) is 1.54. The maximum Gasteiger partial charge on any atom is 0.0261 e. The van der Waals surface area contributed by atoms with Gasteiger partial charge in [-0.05, 0) is 31.9 Å². The first-order valence-electron chi connectivity index (χ1n) is 3.39. The van der Waals surface area contributed by atoms with E-state index in [0.29, 0.717) is 0 Å². The van der Waals surface area contributed by atoms with Crippen LogP contribution >= 0.6 is 0 Å². The lowest BCUT2D eigenvalue weighted by molar-refractivity contribution is 0.425. The van der Waals surface area contributed by atoms with Gasteiger partial charge in [0.1, 0.15) is 0 Å². The molecule has 0 aromatic rings. The monoisotopic (exact) mass is 109 g/mol. The predicted octanol–water partition coefficient (Wildman–Crippen LogP) is 1.42. The first-order chi connectivity index (χ1) is 3.95. The van der Waals surface area contributed by atoms with Gasteiger partial charge in [-0.2, -0.15) is 0 Å². The number of rotatable bonds is 0. The van der Waals surface area contributed by atoms with E-state index in [1.54, 1.807) is 5.57 Å². The fourth-order valence-electron chi connectivity index (χ4n) is 1.54. The van der Waals surface area contributed by atoms with Crippen molar-refractivity contribution in [2.24, 2.45) is 0 Å². The zero-order valence-electron chi connectivity index (χ0n) is 4.98. The van der Waals surface area contributed by atoms with Crippen molar-refractivity contribution in [3.63, 3.8) is 0 Å². The van der Waals surface area contributed by atoms with Gasteiger partial charge in [-0.15, -0.1) is 0 Å². The van der Waals surface area contributed by atoms with Crippen molar-refractivity contribution in [3.8, 4) is 0 Å². The second kappa shape index (κ2) is 1.51. The van der Waals surface area contributed by atoms with Crippen LogP contribution in [-0.4, -0.2) is 6.04 Å². The van der Waals surface area contributed by atoms with Crippen LogP contribution in [0.4, 0.5) is 0 Å². The lowest BCUT2D eigenvalue weighted by atomic mass is 9.88. The Morgan fingerprint density at radius 1 is 1.38 bits per heavy atom. The van der Waals surface area contributed by atoms with Gasteiger partial charge < -0.3 is 5.32 Å². The van der Waals surface area contributed by atoms with Crippen LogP contribution in [-0.2, 0) is 0 Å². The molecule has 0 saturated heterocycles. The number of nitrogens with one attached hydrogen (secondary N) is 1. The van der Waals surface area contributed by atoms with Gasteiger partial charge in [0.15, 0.2) is 0 Å². The summed E-state index contributed by atoms with van der Waals surface area (Å²) in [6.45, 7) is 0. The molecule has 1 N–H and O–H groups in total. The minimum atomic E-state index is 0.826. The van der Waals surface area contributed by atoms with Crippen LogP contribution in [0.25, 0.3) is 0 Å². The molecular formula is C7H11N. The highest BCUT2D eigenvalue weighted by atomic mass is 14.9. The SMILES string of the molecule is C1=C2CCC(CC2)N1. The second-order valence-corrected chi connectivity index (χ2v) is 2.74. The van der Waals surface area contributed by atoms with E-state index < -0.39 is 0 Å². The van der Waals surface area contributed by atoms with Crippen molar-refractivity contribution in [2.45, 2.75) is 31.7 Å². The molecular weight excluding hydrogens is 98.1 g/mol. The number of fused-ring (bicyclic) bond motifs is 3. The molecule has 0 radical (unpaired) electrons. The van der Waals surface area contributed by atoms with E-state index >= 15 is 0 Å². The molecule has 2 heterocycles. The predicted molar refractivity (Wildman–Crippen MR) is 33.5 cm³/mol. The molecule has 2 bridgehead atoms. The average Bonchev–Trinajstić information content (AvgIpc) is 1.92. The van der Waals surface area contributed by atoms with Crippen molar-refractivity contribution < 1.29 is 0 Å².